The summed E-state index contributed by atoms with van der Waals surface area (Å²) in [6.45, 7) is 2.79. The highest BCUT2D eigenvalue weighted by Crippen LogP contribution is 2.31. The van der Waals surface area contributed by atoms with Gasteiger partial charge in [0, 0.05) is 29.7 Å². The molecular weight excluding hydrogens is 382 g/mol. The molecule has 0 saturated heterocycles. The van der Waals surface area contributed by atoms with E-state index in [0.717, 1.165) is 34.3 Å². The van der Waals surface area contributed by atoms with Gasteiger partial charge in [-0.1, -0.05) is 30.0 Å². The van der Waals surface area contributed by atoms with Crippen LogP contribution in [0, 0.1) is 6.92 Å². The van der Waals surface area contributed by atoms with Gasteiger partial charge in [0.1, 0.15) is 10.6 Å². The first kappa shape index (κ1) is 17.9. The molecule has 0 unspecified atom stereocenters. The van der Waals surface area contributed by atoms with E-state index >= 15 is 0 Å². The zero-order valence-corrected chi connectivity index (χ0v) is 16.6. The lowest BCUT2D eigenvalue weighted by Crippen LogP contribution is -2.14. The predicted octanol–water partition coefficient (Wildman–Crippen LogP) is 3.77. The Balaban J connectivity index is 1.65. The van der Waals surface area contributed by atoms with Crippen molar-refractivity contribution in [2.75, 3.05) is 17.6 Å². The van der Waals surface area contributed by atoms with Crippen molar-refractivity contribution < 1.29 is 13.2 Å². The molecule has 0 amide bonds. The smallest absolute Gasteiger partial charge is 0.265 e. The minimum absolute atomic E-state index is 0.118. The Morgan fingerprint density at radius 1 is 1.22 bits per heavy atom. The molecule has 2 aromatic carbocycles. The Morgan fingerprint density at radius 3 is 2.85 bits per heavy atom. The van der Waals surface area contributed by atoms with Crippen molar-refractivity contribution in [1.29, 1.82) is 0 Å². The Labute approximate surface area is 162 Å². The van der Waals surface area contributed by atoms with E-state index in [1.807, 2.05) is 31.3 Å². The van der Waals surface area contributed by atoms with E-state index in [-0.39, 0.29) is 4.90 Å². The first-order valence-electron chi connectivity index (χ1n) is 8.44. The third-order valence-corrected chi connectivity index (χ3v) is 6.70. The van der Waals surface area contributed by atoms with Crippen LogP contribution in [0.25, 0.3) is 11.3 Å². The minimum Gasteiger partial charge on any atom is -0.495 e. The Bertz CT molecular complexity index is 1090. The Morgan fingerprint density at radius 2 is 2.07 bits per heavy atom. The van der Waals surface area contributed by atoms with Crippen LogP contribution in [0.15, 0.2) is 58.7 Å². The molecule has 0 bridgehead atoms. The first-order valence-corrected chi connectivity index (χ1v) is 10.9. The maximum absolute atomic E-state index is 12.9. The zero-order chi connectivity index (χ0) is 19.0. The molecular formula is C19H19N3O3S2. The van der Waals surface area contributed by atoms with Gasteiger partial charge in [0.05, 0.1) is 12.8 Å². The number of hydrogen-bond donors (Lipinski definition) is 1. The number of sulfonamides is 1. The van der Waals surface area contributed by atoms with Crippen molar-refractivity contribution in [3.05, 3.63) is 54.2 Å². The average Bonchev–Trinajstić information content (AvgIpc) is 3.23. The number of nitrogens with zero attached hydrogens (tertiary/aromatic N) is 2. The molecule has 0 fully saturated rings. The number of ether oxygens (including phenoxy) is 1. The molecule has 1 aromatic heterocycles. The predicted molar refractivity (Wildman–Crippen MR) is 107 cm³/mol. The van der Waals surface area contributed by atoms with Crippen molar-refractivity contribution in [3.63, 3.8) is 0 Å². The van der Waals surface area contributed by atoms with Crippen LogP contribution in [0.5, 0.6) is 5.75 Å². The number of rotatable bonds is 5. The van der Waals surface area contributed by atoms with E-state index < -0.39 is 10.0 Å². The number of fused-ring (bicyclic) bond motifs is 1. The summed E-state index contributed by atoms with van der Waals surface area (Å²) in [6, 6.07) is 12.3. The van der Waals surface area contributed by atoms with Crippen LogP contribution >= 0.6 is 11.8 Å². The van der Waals surface area contributed by atoms with Crippen LogP contribution in [0.1, 0.15) is 5.56 Å². The topological polar surface area (TPSA) is 73.2 Å². The maximum atomic E-state index is 12.9. The summed E-state index contributed by atoms with van der Waals surface area (Å²) in [5.74, 6) is 1.35. The van der Waals surface area contributed by atoms with E-state index in [4.69, 9.17) is 4.74 Å². The van der Waals surface area contributed by atoms with Crippen LogP contribution in [0.4, 0.5) is 5.69 Å². The fraction of sp³-hybridized carbons (Fsp3) is 0.211. The first-order chi connectivity index (χ1) is 13.0. The standard InChI is InChI=1S/C19H19N3O3S2/c1-13-6-7-17(25-2)18(10-13)27(23,24)21-15-5-3-4-14(11-15)16-12-22-8-9-26-19(22)20-16/h3-7,10-12,21H,8-9H2,1-2H3. The number of imidazole rings is 1. The summed E-state index contributed by atoms with van der Waals surface area (Å²) >= 11 is 1.73. The highest BCUT2D eigenvalue weighted by molar-refractivity contribution is 7.99. The lowest BCUT2D eigenvalue weighted by Gasteiger charge is -2.13. The summed E-state index contributed by atoms with van der Waals surface area (Å²) < 4.78 is 35.7. The van der Waals surface area contributed by atoms with Gasteiger partial charge in [0.15, 0.2) is 5.16 Å². The lowest BCUT2D eigenvalue weighted by atomic mass is 10.1. The van der Waals surface area contributed by atoms with Crippen molar-refractivity contribution >= 4 is 27.5 Å². The number of nitrogens with one attached hydrogen (secondary N) is 1. The second-order valence-electron chi connectivity index (χ2n) is 6.29. The molecule has 4 rings (SSSR count). The van der Waals surface area contributed by atoms with Crippen LogP contribution in [0.3, 0.4) is 0 Å². The van der Waals surface area contributed by atoms with E-state index in [1.165, 1.54) is 7.11 Å². The van der Waals surface area contributed by atoms with E-state index in [9.17, 15) is 8.42 Å². The molecule has 0 saturated carbocycles. The largest absolute Gasteiger partial charge is 0.495 e. The van der Waals surface area contributed by atoms with Gasteiger partial charge in [-0.3, -0.25) is 4.72 Å². The lowest BCUT2D eigenvalue weighted by molar-refractivity contribution is 0.402. The molecule has 1 N–H and O–H groups in total. The van der Waals surface area contributed by atoms with Crippen molar-refractivity contribution in [1.82, 2.24) is 9.55 Å². The van der Waals surface area contributed by atoms with Gasteiger partial charge < -0.3 is 9.30 Å². The molecule has 1 aliphatic heterocycles. The molecule has 3 aromatic rings. The molecule has 0 aliphatic carbocycles. The van der Waals surface area contributed by atoms with E-state index in [1.54, 1.807) is 36.0 Å². The number of benzene rings is 2. The average molecular weight is 402 g/mol. The quantitative estimate of drug-likeness (QED) is 0.704. The summed E-state index contributed by atoms with van der Waals surface area (Å²) in [4.78, 5) is 4.74. The van der Waals surface area contributed by atoms with Gasteiger partial charge in [0.2, 0.25) is 0 Å². The molecule has 27 heavy (non-hydrogen) atoms. The van der Waals surface area contributed by atoms with E-state index in [0.29, 0.717) is 11.4 Å². The van der Waals surface area contributed by atoms with Gasteiger partial charge >= 0.3 is 0 Å². The van der Waals surface area contributed by atoms with Crippen LogP contribution in [-0.2, 0) is 16.6 Å². The molecule has 8 heteroatoms. The summed E-state index contributed by atoms with van der Waals surface area (Å²) in [5.41, 5.74) is 3.03. The molecule has 1 aliphatic rings. The summed E-state index contributed by atoms with van der Waals surface area (Å²) in [5, 5.41) is 1.00. The van der Waals surface area contributed by atoms with E-state index in [2.05, 4.69) is 14.3 Å². The summed E-state index contributed by atoms with van der Waals surface area (Å²) in [6.07, 6.45) is 2.01. The van der Waals surface area contributed by atoms with Crippen LogP contribution in [0.2, 0.25) is 0 Å². The highest BCUT2D eigenvalue weighted by Gasteiger charge is 2.21. The number of hydrogen-bond acceptors (Lipinski definition) is 5. The van der Waals surface area contributed by atoms with Gasteiger partial charge in [-0.05, 0) is 36.8 Å². The van der Waals surface area contributed by atoms with Crippen LogP contribution in [-0.4, -0.2) is 30.8 Å². The molecule has 6 nitrogen and oxygen atoms in total. The number of aryl methyl sites for hydroxylation is 2. The van der Waals surface area contributed by atoms with Crippen molar-refractivity contribution in [2.45, 2.75) is 23.5 Å². The van der Waals surface area contributed by atoms with Crippen molar-refractivity contribution in [3.8, 4) is 17.0 Å². The highest BCUT2D eigenvalue weighted by atomic mass is 32.2. The molecule has 0 radical (unpaired) electrons. The zero-order valence-electron chi connectivity index (χ0n) is 15.0. The third-order valence-electron chi connectivity index (χ3n) is 4.32. The molecule has 2 heterocycles. The fourth-order valence-corrected chi connectivity index (χ4v) is 5.24. The van der Waals surface area contributed by atoms with Gasteiger partial charge in [0.25, 0.3) is 10.0 Å². The fourth-order valence-electron chi connectivity index (χ4n) is 2.99. The van der Waals surface area contributed by atoms with Gasteiger partial charge in [-0.25, -0.2) is 13.4 Å². The normalized spacial score (nSPS) is 13.4. The number of anilines is 1. The Kier molecular flexibility index (Phi) is 4.61. The molecule has 0 spiro atoms. The number of methoxy groups -OCH3 is 1. The second kappa shape index (κ2) is 6.94. The molecule has 140 valence electrons. The molecule has 0 atom stereocenters. The van der Waals surface area contributed by atoms with Crippen molar-refractivity contribution in [2.24, 2.45) is 0 Å². The maximum Gasteiger partial charge on any atom is 0.265 e. The minimum atomic E-state index is -3.78. The number of thioether (sulfide) groups is 1. The van der Waals surface area contributed by atoms with Gasteiger partial charge in [-0.15, -0.1) is 0 Å². The third kappa shape index (κ3) is 3.54. The van der Waals surface area contributed by atoms with Gasteiger partial charge in [-0.2, -0.15) is 0 Å². The van der Waals surface area contributed by atoms with Crippen LogP contribution < -0.4 is 9.46 Å². The summed E-state index contributed by atoms with van der Waals surface area (Å²) in [7, 11) is -2.32. The monoisotopic (exact) mass is 401 g/mol. The second-order valence-corrected chi connectivity index (χ2v) is 9.00. The SMILES string of the molecule is COc1ccc(C)cc1S(=O)(=O)Nc1cccc(-c2cn3c(n2)SCC3)c1. The Hall–Kier alpha value is -2.45. The number of aromatic nitrogens is 2.